The van der Waals surface area contributed by atoms with Gasteiger partial charge in [0.2, 0.25) is 5.91 Å². The van der Waals surface area contributed by atoms with Crippen LogP contribution < -0.4 is 5.32 Å². The van der Waals surface area contributed by atoms with Crippen LogP contribution in [0.25, 0.3) is 11.4 Å². The Bertz CT molecular complexity index is 964. The van der Waals surface area contributed by atoms with Gasteiger partial charge in [0.05, 0.1) is 16.3 Å². The minimum absolute atomic E-state index is 0.0538. The van der Waals surface area contributed by atoms with Gasteiger partial charge in [-0.15, -0.1) is 10.2 Å². The molecule has 0 atom stereocenters. The molecule has 26 heavy (non-hydrogen) atoms. The number of hydrogen-bond donors (Lipinski definition) is 1. The van der Waals surface area contributed by atoms with Gasteiger partial charge in [0, 0.05) is 12.7 Å². The fourth-order valence-electron chi connectivity index (χ4n) is 2.22. The van der Waals surface area contributed by atoms with E-state index < -0.39 is 11.6 Å². The number of amides is 1. The molecule has 9 heteroatoms. The number of carbonyl (C=O) groups excluding carboxylic acids is 1. The molecule has 0 aliphatic carbocycles. The zero-order valence-electron chi connectivity index (χ0n) is 13.5. The summed E-state index contributed by atoms with van der Waals surface area (Å²) in [6, 6.07) is 10.2. The number of benzene rings is 2. The number of nitrogens with zero attached hydrogens (tertiary/aromatic N) is 3. The third-order valence-electron chi connectivity index (χ3n) is 3.49. The summed E-state index contributed by atoms with van der Waals surface area (Å²) in [6.07, 6.45) is 0. The normalized spacial score (nSPS) is 10.8. The van der Waals surface area contributed by atoms with Crippen LogP contribution in [-0.4, -0.2) is 26.4 Å². The van der Waals surface area contributed by atoms with Crippen LogP contribution in [0.15, 0.2) is 47.6 Å². The van der Waals surface area contributed by atoms with Gasteiger partial charge in [-0.05, 0) is 30.3 Å². The van der Waals surface area contributed by atoms with Gasteiger partial charge in [0.15, 0.2) is 11.0 Å². The van der Waals surface area contributed by atoms with E-state index in [1.807, 2.05) is 0 Å². The highest BCUT2D eigenvalue weighted by molar-refractivity contribution is 7.99. The molecule has 3 rings (SSSR count). The van der Waals surface area contributed by atoms with Crippen molar-refractivity contribution >= 4 is 35.0 Å². The highest BCUT2D eigenvalue weighted by atomic mass is 35.5. The van der Waals surface area contributed by atoms with E-state index in [4.69, 9.17) is 11.6 Å². The maximum absolute atomic E-state index is 13.9. The quantitative estimate of drug-likeness (QED) is 0.660. The van der Waals surface area contributed by atoms with Crippen LogP contribution in [0.5, 0.6) is 0 Å². The lowest BCUT2D eigenvalue weighted by Crippen LogP contribution is -2.14. The van der Waals surface area contributed by atoms with Crippen molar-refractivity contribution in [3.63, 3.8) is 0 Å². The molecule has 0 aliphatic rings. The minimum atomic E-state index is -0.557. The molecule has 0 bridgehead atoms. The monoisotopic (exact) mass is 394 g/mol. The van der Waals surface area contributed by atoms with Gasteiger partial charge < -0.3 is 9.88 Å². The second kappa shape index (κ2) is 7.84. The van der Waals surface area contributed by atoms with Gasteiger partial charge in [0.25, 0.3) is 0 Å². The maximum atomic E-state index is 13.9. The van der Waals surface area contributed by atoms with Crippen molar-refractivity contribution in [2.24, 2.45) is 7.05 Å². The summed E-state index contributed by atoms with van der Waals surface area (Å²) in [4.78, 5) is 12.0. The molecule has 0 saturated carbocycles. The summed E-state index contributed by atoms with van der Waals surface area (Å²) >= 11 is 6.83. The van der Waals surface area contributed by atoms with Crippen molar-refractivity contribution in [3.8, 4) is 11.4 Å². The van der Waals surface area contributed by atoms with Crippen LogP contribution in [0, 0.1) is 11.6 Å². The Kier molecular flexibility index (Phi) is 5.53. The van der Waals surface area contributed by atoms with Gasteiger partial charge in [-0.25, -0.2) is 8.78 Å². The zero-order chi connectivity index (χ0) is 18.7. The topological polar surface area (TPSA) is 59.8 Å². The van der Waals surface area contributed by atoms with Crippen molar-refractivity contribution in [3.05, 3.63) is 59.1 Å². The molecule has 0 fully saturated rings. The summed E-state index contributed by atoms with van der Waals surface area (Å²) in [6.45, 7) is 0. The van der Waals surface area contributed by atoms with Crippen molar-refractivity contribution in [1.29, 1.82) is 0 Å². The lowest BCUT2D eigenvalue weighted by Gasteiger charge is -2.06. The molecule has 3 aromatic rings. The van der Waals surface area contributed by atoms with E-state index in [9.17, 15) is 13.6 Å². The van der Waals surface area contributed by atoms with E-state index in [2.05, 4.69) is 15.5 Å². The molecule has 1 heterocycles. The van der Waals surface area contributed by atoms with Crippen molar-refractivity contribution in [1.82, 2.24) is 14.8 Å². The lowest BCUT2D eigenvalue weighted by atomic mass is 10.2. The summed E-state index contributed by atoms with van der Waals surface area (Å²) in [7, 11) is 1.70. The van der Waals surface area contributed by atoms with Crippen molar-refractivity contribution < 1.29 is 13.6 Å². The first-order chi connectivity index (χ1) is 12.5. The van der Waals surface area contributed by atoms with Gasteiger partial charge in [-0.2, -0.15) is 0 Å². The van der Waals surface area contributed by atoms with E-state index in [0.717, 1.165) is 11.8 Å². The smallest absolute Gasteiger partial charge is 0.234 e. The molecule has 0 saturated heterocycles. The largest absolute Gasteiger partial charge is 0.325 e. The fraction of sp³-hybridized carbons (Fsp3) is 0.118. The van der Waals surface area contributed by atoms with Gasteiger partial charge in [0.1, 0.15) is 11.6 Å². The van der Waals surface area contributed by atoms with Crippen LogP contribution in [0.4, 0.5) is 14.5 Å². The second-order valence-corrected chi connectivity index (χ2v) is 6.66. The van der Waals surface area contributed by atoms with Crippen LogP contribution in [-0.2, 0) is 11.8 Å². The van der Waals surface area contributed by atoms with E-state index >= 15 is 0 Å². The Morgan fingerprint density at radius 3 is 2.69 bits per heavy atom. The van der Waals surface area contributed by atoms with Crippen molar-refractivity contribution in [2.45, 2.75) is 5.16 Å². The first-order valence-corrected chi connectivity index (χ1v) is 8.84. The number of aromatic nitrogens is 3. The molecule has 1 amide bonds. The Morgan fingerprint density at radius 2 is 1.96 bits per heavy atom. The first-order valence-electron chi connectivity index (χ1n) is 7.47. The number of thioether (sulfide) groups is 1. The highest BCUT2D eigenvalue weighted by Gasteiger charge is 2.15. The van der Waals surface area contributed by atoms with Gasteiger partial charge >= 0.3 is 0 Å². The second-order valence-electron chi connectivity index (χ2n) is 5.31. The molecule has 2 aromatic carbocycles. The van der Waals surface area contributed by atoms with Crippen LogP contribution >= 0.6 is 23.4 Å². The molecule has 0 radical (unpaired) electrons. The van der Waals surface area contributed by atoms with E-state index in [1.165, 1.54) is 24.3 Å². The number of carbonyl (C=O) groups is 1. The first kappa shape index (κ1) is 18.3. The Balaban J connectivity index is 1.66. The highest BCUT2D eigenvalue weighted by Crippen LogP contribution is 2.25. The Hall–Kier alpha value is -2.45. The molecule has 0 spiro atoms. The van der Waals surface area contributed by atoms with Crippen LogP contribution in [0.1, 0.15) is 0 Å². The lowest BCUT2D eigenvalue weighted by molar-refractivity contribution is -0.113. The molecule has 1 aromatic heterocycles. The molecule has 0 aliphatic heterocycles. The third-order valence-corrected chi connectivity index (χ3v) is 4.80. The predicted molar refractivity (Wildman–Crippen MR) is 97.2 cm³/mol. The number of anilines is 1. The average molecular weight is 395 g/mol. The average Bonchev–Trinajstić information content (AvgIpc) is 2.97. The molecule has 0 unspecified atom stereocenters. The van der Waals surface area contributed by atoms with E-state index in [-0.39, 0.29) is 16.7 Å². The number of halogens is 3. The summed E-state index contributed by atoms with van der Waals surface area (Å²) < 4.78 is 28.6. The standard InChI is InChI=1S/C17H13ClF2N4OS/c1-24-16(11-4-2-3-5-13(11)19)22-23-17(24)26-9-15(25)21-10-6-7-14(20)12(18)8-10/h2-8H,9H2,1H3,(H,21,25). The predicted octanol–water partition coefficient (Wildman–Crippen LogP) is 4.14. The van der Waals surface area contributed by atoms with Crippen LogP contribution in [0.2, 0.25) is 5.02 Å². The molecular formula is C17H13ClF2N4OS. The minimum Gasteiger partial charge on any atom is -0.325 e. The molecule has 1 N–H and O–H groups in total. The van der Waals surface area contributed by atoms with E-state index in [0.29, 0.717) is 22.2 Å². The zero-order valence-corrected chi connectivity index (χ0v) is 15.1. The molecule has 134 valence electrons. The van der Waals surface area contributed by atoms with Crippen LogP contribution in [0.3, 0.4) is 0 Å². The molecule has 5 nitrogen and oxygen atoms in total. The SMILES string of the molecule is Cn1c(SCC(=O)Nc2ccc(F)c(Cl)c2)nnc1-c1ccccc1F. The van der Waals surface area contributed by atoms with Gasteiger partial charge in [-0.1, -0.05) is 35.5 Å². The summed E-state index contributed by atoms with van der Waals surface area (Å²) in [5.41, 5.74) is 0.728. The third kappa shape index (κ3) is 4.03. The summed E-state index contributed by atoms with van der Waals surface area (Å²) in [5, 5.41) is 11.0. The Labute approximate surface area is 157 Å². The maximum Gasteiger partial charge on any atom is 0.234 e. The Morgan fingerprint density at radius 1 is 1.19 bits per heavy atom. The van der Waals surface area contributed by atoms with Gasteiger partial charge in [-0.3, -0.25) is 4.79 Å². The summed E-state index contributed by atoms with van der Waals surface area (Å²) in [5.74, 6) is -0.841. The fourth-order valence-corrected chi connectivity index (χ4v) is 3.11. The number of hydrogen-bond acceptors (Lipinski definition) is 4. The molecular weight excluding hydrogens is 382 g/mol. The van der Waals surface area contributed by atoms with Crippen molar-refractivity contribution in [2.75, 3.05) is 11.1 Å². The number of rotatable bonds is 5. The number of nitrogens with one attached hydrogen (secondary N) is 1. The van der Waals surface area contributed by atoms with E-state index in [1.54, 1.807) is 29.8 Å².